The average Bonchev–Trinajstić information content (AvgIpc) is 2.28. The van der Waals surface area contributed by atoms with Crippen LogP contribution >= 0.6 is 24.8 Å². The van der Waals surface area contributed by atoms with Crippen LogP contribution in [0.4, 0.5) is 0 Å². The van der Waals surface area contributed by atoms with Gasteiger partial charge in [0.25, 0.3) is 0 Å². The quantitative estimate of drug-likeness (QED) is 0.652. The van der Waals surface area contributed by atoms with Gasteiger partial charge in [-0.05, 0) is 43.8 Å². The van der Waals surface area contributed by atoms with Gasteiger partial charge >= 0.3 is 0 Å². The third kappa shape index (κ3) is 3.22. The van der Waals surface area contributed by atoms with Gasteiger partial charge in [0, 0.05) is 6.04 Å². The first-order chi connectivity index (χ1) is 5.47. The summed E-state index contributed by atoms with van der Waals surface area (Å²) in [5, 5.41) is 6.77. The Hall–Kier alpha value is -0.180. The molecule has 0 aliphatic carbocycles. The molecule has 0 saturated carbocycles. The third-order valence-electron chi connectivity index (χ3n) is 2.35. The highest BCUT2D eigenvalue weighted by Crippen LogP contribution is 2.15. The van der Waals surface area contributed by atoms with E-state index in [1.165, 1.54) is 12.8 Å². The SMILES string of the molecule is C1=CNC2CCNCCC2=C1.Cl.Cl. The summed E-state index contributed by atoms with van der Waals surface area (Å²) in [4.78, 5) is 0. The van der Waals surface area contributed by atoms with Crippen molar-refractivity contribution in [2.24, 2.45) is 0 Å². The largest absolute Gasteiger partial charge is 0.384 e. The Balaban J connectivity index is 0.000000720. The fraction of sp³-hybridized carbons (Fsp3) is 0.556. The lowest BCUT2D eigenvalue weighted by atomic mass is 10.0. The number of allylic oxidation sites excluding steroid dienone is 2. The van der Waals surface area contributed by atoms with Crippen molar-refractivity contribution in [3.63, 3.8) is 0 Å². The van der Waals surface area contributed by atoms with Gasteiger partial charge < -0.3 is 10.6 Å². The van der Waals surface area contributed by atoms with E-state index in [1.807, 2.05) is 6.20 Å². The molecule has 2 nitrogen and oxygen atoms in total. The van der Waals surface area contributed by atoms with Crippen LogP contribution in [-0.4, -0.2) is 19.1 Å². The average molecular weight is 223 g/mol. The fourth-order valence-corrected chi connectivity index (χ4v) is 1.70. The first-order valence-corrected chi connectivity index (χ1v) is 4.29. The molecule has 0 aromatic carbocycles. The monoisotopic (exact) mass is 222 g/mol. The first-order valence-electron chi connectivity index (χ1n) is 4.29. The molecule has 2 rings (SSSR count). The van der Waals surface area contributed by atoms with Crippen LogP contribution in [0, 0.1) is 0 Å². The number of hydrogen-bond donors (Lipinski definition) is 2. The topological polar surface area (TPSA) is 24.1 Å². The Morgan fingerprint density at radius 1 is 1.23 bits per heavy atom. The number of hydrogen-bond acceptors (Lipinski definition) is 2. The summed E-state index contributed by atoms with van der Waals surface area (Å²) in [6.45, 7) is 2.28. The molecule has 13 heavy (non-hydrogen) atoms. The van der Waals surface area contributed by atoms with Crippen LogP contribution in [0.25, 0.3) is 0 Å². The summed E-state index contributed by atoms with van der Waals surface area (Å²) in [5.74, 6) is 0. The van der Waals surface area contributed by atoms with E-state index in [0.29, 0.717) is 6.04 Å². The molecule has 2 aliphatic rings. The van der Waals surface area contributed by atoms with Crippen LogP contribution in [0.1, 0.15) is 12.8 Å². The predicted octanol–water partition coefficient (Wildman–Crippen LogP) is 1.63. The summed E-state index contributed by atoms with van der Waals surface area (Å²) in [5.41, 5.74) is 1.55. The Morgan fingerprint density at radius 3 is 2.92 bits per heavy atom. The second-order valence-electron chi connectivity index (χ2n) is 3.11. The van der Waals surface area contributed by atoms with E-state index in [9.17, 15) is 0 Å². The maximum absolute atomic E-state index is 3.40. The van der Waals surface area contributed by atoms with Crippen LogP contribution in [0.15, 0.2) is 23.9 Å². The van der Waals surface area contributed by atoms with Crippen LogP contribution in [-0.2, 0) is 0 Å². The first kappa shape index (κ1) is 12.8. The van der Waals surface area contributed by atoms with E-state index < -0.39 is 0 Å². The molecule has 0 bridgehead atoms. The minimum absolute atomic E-state index is 0. The number of fused-ring (bicyclic) bond motifs is 1. The van der Waals surface area contributed by atoms with Crippen molar-refractivity contribution in [3.05, 3.63) is 23.9 Å². The van der Waals surface area contributed by atoms with E-state index >= 15 is 0 Å². The Bertz CT molecular complexity index is 202. The lowest BCUT2D eigenvalue weighted by Crippen LogP contribution is -2.28. The second-order valence-corrected chi connectivity index (χ2v) is 3.11. The van der Waals surface area contributed by atoms with Gasteiger partial charge in [0.2, 0.25) is 0 Å². The zero-order valence-electron chi connectivity index (χ0n) is 7.45. The molecular formula is C9H16Cl2N2. The molecule has 1 unspecified atom stereocenters. The van der Waals surface area contributed by atoms with Gasteiger partial charge in [0.05, 0.1) is 0 Å². The van der Waals surface area contributed by atoms with Gasteiger partial charge in [0.15, 0.2) is 0 Å². The minimum Gasteiger partial charge on any atom is -0.384 e. The van der Waals surface area contributed by atoms with Crippen molar-refractivity contribution in [3.8, 4) is 0 Å². The van der Waals surface area contributed by atoms with Gasteiger partial charge in [0.1, 0.15) is 0 Å². The van der Waals surface area contributed by atoms with Crippen molar-refractivity contribution in [2.75, 3.05) is 13.1 Å². The van der Waals surface area contributed by atoms with E-state index in [-0.39, 0.29) is 24.8 Å². The van der Waals surface area contributed by atoms with Crippen LogP contribution in [0.5, 0.6) is 0 Å². The molecule has 76 valence electrons. The van der Waals surface area contributed by atoms with Crippen LogP contribution < -0.4 is 10.6 Å². The van der Waals surface area contributed by atoms with Crippen molar-refractivity contribution < 1.29 is 0 Å². The maximum Gasteiger partial charge on any atom is 0.0483 e. The molecule has 0 radical (unpaired) electrons. The molecule has 1 saturated heterocycles. The molecule has 1 fully saturated rings. The normalized spacial score (nSPS) is 25.2. The Morgan fingerprint density at radius 2 is 2.08 bits per heavy atom. The number of rotatable bonds is 0. The van der Waals surface area contributed by atoms with Crippen molar-refractivity contribution in [1.29, 1.82) is 0 Å². The van der Waals surface area contributed by atoms with E-state index in [4.69, 9.17) is 0 Å². The van der Waals surface area contributed by atoms with Gasteiger partial charge in [-0.3, -0.25) is 0 Å². The number of halogens is 2. The van der Waals surface area contributed by atoms with Gasteiger partial charge in [-0.1, -0.05) is 6.08 Å². The molecular weight excluding hydrogens is 207 g/mol. The summed E-state index contributed by atoms with van der Waals surface area (Å²) in [6, 6.07) is 0.606. The van der Waals surface area contributed by atoms with Gasteiger partial charge in [-0.2, -0.15) is 0 Å². The molecule has 0 aromatic heterocycles. The Kier molecular flexibility index (Phi) is 6.21. The molecule has 2 aliphatic heterocycles. The van der Waals surface area contributed by atoms with Crippen LogP contribution in [0.2, 0.25) is 0 Å². The van der Waals surface area contributed by atoms with Crippen molar-refractivity contribution in [2.45, 2.75) is 18.9 Å². The molecule has 2 N–H and O–H groups in total. The van der Waals surface area contributed by atoms with E-state index in [0.717, 1.165) is 13.1 Å². The summed E-state index contributed by atoms with van der Waals surface area (Å²) in [7, 11) is 0. The molecule has 0 spiro atoms. The summed E-state index contributed by atoms with van der Waals surface area (Å²) in [6.07, 6.45) is 8.79. The van der Waals surface area contributed by atoms with E-state index in [1.54, 1.807) is 5.57 Å². The second kappa shape index (κ2) is 6.30. The zero-order chi connectivity index (χ0) is 7.52. The lowest BCUT2D eigenvalue weighted by Gasteiger charge is -2.20. The molecule has 0 aromatic rings. The minimum atomic E-state index is 0. The lowest BCUT2D eigenvalue weighted by molar-refractivity contribution is 0.602. The maximum atomic E-state index is 3.40. The van der Waals surface area contributed by atoms with Crippen molar-refractivity contribution in [1.82, 2.24) is 10.6 Å². The van der Waals surface area contributed by atoms with Crippen LogP contribution in [0.3, 0.4) is 0 Å². The fourth-order valence-electron chi connectivity index (χ4n) is 1.70. The van der Waals surface area contributed by atoms with Gasteiger partial charge in [-0.15, -0.1) is 24.8 Å². The predicted molar refractivity (Wildman–Crippen MR) is 60.7 cm³/mol. The van der Waals surface area contributed by atoms with E-state index in [2.05, 4.69) is 22.8 Å². The Labute approximate surface area is 91.7 Å². The molecule has 4 heteroatoms. The zero-order valence-corrected chi connectivity index (χ0v) is 9.09. The van der Waals surface area contributed by atoms with Crippen molar-refractivity contribution >= 4 is 24.8 Å². The van der Waals surface area contributed by atoms with Gasteiger partial charge in [-0.25, -0.2) is 0 Å². The molecule has 2 heterocycles. The molecule has 1 atom stereocenters. The number of dihydropyridines is 1. The highest BCUT2D eigenvalue weighted by molar-refractivity contribution is 5.85. The number of nitrogens with one attached hydrogen (secondary N) is 2. The summed E-state index contributed by atoms with van der Waals surface area (Å²) < 4.78 is 0. The smallest absolute Gasteiger partial charge is 0.0483 e. The summed E-state index contributed by atoms with van der Waals surface area (Å²) >= 11 is 0. The highest BCUT2D eigenvalue weighted by Gasteiger charge is 2.16. The molecule has 0 amide bonds. The third-order valence-corrected chi connectivity index (χ3v) is 2.35. The standard InChI is InChI=1S/C9H14N2.2ClH/c1-2-8-3-6-10-7-4-9(8)11-5-1;;/h1-2,5,9-11H,3-4,6-7H2;2*1H. The highest BCUT2D eigenvalue weighted by atomic mass is 35.5.